The van der Waals surface area contributed by atoms with Crippen LogP contribution in [0, 0.1) is 11.3 Å². The lowest BCUT2D eigenvalue weighted by molar-refractivity contribution is 0.00262. The Morgan fingerprint density at radius 3 is 2.58 bits per heavy atom. The molecule has 1 unspecified atom stereocenters. The topological polar surface area (TPSA) is 86.1 Å². The van der Waals surface area contributed by atoms with E-state index in [1.165, 1.54) is 0 Å². The highest BCUT2D eigenvalue weighted by Crippen LogP contribution is 2.46. The normalized spacial score (nSPS) is 21.1. The second-order valence-corrected chi connectivity index (χ2v) is 9.22. The highest BCUT2D eigenvalue weighted by molar-refractivity contribution is 5.94. The highest BCUT2D eigenvalue weighted by Gasteiger charge is 2.46. The van der Waals surface area contributed by atoms with Gasteiger partial charge in [0.05, 0.1) is 37.4 Å². The van der Waals surface area contributed by atoms with Crippen LogP contribution in [0.25, 0.3) is 0 Å². The number of methoxy groups -OCH3 is 1. The van der Waals surface area contributed by atoms with Crippen molar-refractivity contribution >= 4 is 17.8 Å². The summed E-state index contributed by atoms with van der Waals surface area (Å²) in [4.78, 5) is 31.1. The minimum atomic E-state index is -0.848. The maximum Gasteiger partial charge on any atom is 0.411 e. The molecular weight excluding hydrogens is 396 g/mol. The minimum Gasteiger partial charge on any atom is -0.495 e. The molecule has 1 saturated heterocycles. The molecule has 1 aromatic carbocycles. The van der Waals surface area contributed by atoms with E-state index >= 15 is 0 Å². The van der Waals surface area contributed by atoms with Gasteiger partial charge < -0.3 is 14.4 Å². The summed E-state index contributed by atoms with van der Waals surface area (Å²) < 4.78 is 11.3. The van der Waals surface area contributed by atoms with Crippen LogP contribution in [-0.4, -0.2) is 54.3 Å². The Labute approximate surface area is 184 Å². The van der Waals surface area contributed by atoms with Crippen molar-refractivity contribution in [3.8, 4) is 11.8 Å². The third-order valence-corrected chi connectivity index (χ3v) is 5.93. The van der Waals surface area contributed by atoms with E-state index in [4.69, 9.17) is 9.47 Å². The quantitative estimate of drug-likeness (QED) is 0.716. The molecular formula is C23H32N4O4. The lowest BCUT2D eigenvalue weighted by Gasteiger charge is -2.36. The number of nitrogens with zero attached hydrogens (tertiary/aromatic N) is 4. The van der Waals surface area contributed by atoms with Gasteiger partial charge in [-0.25, -0.2) is 9.59 Å². The zero-order valence-electron chi connectivity index (χ0n) is 19.3. The van der Waals surface area contributed by atoms with Gasteiger partial charge in [0, 0.05) is 19.6 Å². The van der Waals surface area contributed by atoms with Crippen molar-refractivity contribution in [3.63, 3.8) is 0 Å². The molecule has 0 aliphatic carbocycles. The number of anilines is 1. The Morgan fingerprint density at radius 1 is 1.29 bits per heavy atom. The third kappa shape index (κ3) is 4.14. The maximum absolute atomic E-state index is 13.0. The summed E-state index contributed by atoms with van der Waals surface area (Å²) in [6.45, 7) is 11.6. The van der Waals surface area contributed by atoms with Crippen molar-refractivity contribution in [1.82, 2.24) is 9.80 Å². The predicted octanol–water partition coefficient (Wildman–Crippen LogP) is 4.23. The summed E-state index contributed by atoms with van der Waals surface area (Å²) in [5, 5.41) is 9.51. The van der Waals surface area contributed by atoms with Gasteiger partial charge in [0.1, 0.15) is 11.4 Å². The average molecular weight is 429 g/mol. The SMILES string of the molecule is CCN1CCCN(c2cc3c(cc2OC)C(C)(CC#N)N(C(=O)OC(C)(C)C)C3)C1=O. The van der Waals surface area contributed by atoms with Gasteiger partial charge in [0.2, 0.25) is 0 Å². The van der Waals surface area contributed by atoms with Crippen LogP contribution in [0.2, 0.25) is 0 Å². The van der Waals surface area contributed by atoms with Crippen molar-refractivity contribution in [2.45, 2.75) is 65.1 Å². The molecule has 2 heterocycles. The summed E-state index contributed by atoms with van der Waals surface area (Å²) in [7, 11) is 1.57. The van der Waals surface area contributed by atoms with E-state index in [-0.39, 0.29) is 12.5 Å². The number of hydrogen-bond donors (Lipinski definition) is 0. The summed E-state index contributed by atoms with van der Waals surface area (Å²) in [6.07, 6.45) is 0.525. The van der Waals surface area contributed by atoms with Gasteiger partial charge in [-0.2, -0.15) is 5.26 Å². The molecule has 1 atom stereocenters. The number of benzene rings is 1. The van der Waals surface area contributed by atoms with Crippen molar-refractivity contribution in [2.75, 3.05) is 31.6 Å². The molecule has 0 bridgehead atoms. The fraction of sp³-hybridized carbons (Fsp3) is 0.609. The summed E-state index contributed by atoms with van der Waals surface area (Å²) >= 11 is 0. The number of fused-ring (bicyclic) bond motifs is 1. The second kappa shape index (κ2) is 8.29. The Balaban J connectivity index is 2.05. The van der Waals surface area contributed by atoms with Crippen LogP contribution in [0.15, 0.2) is 12.1 Å². The van der Waals surface area contributed by atoms with Gasteiger partial charge in [-0.15, -0.1) is 0 Å². The van der Waals surface area contributed by atoms with Crippen molar-refractivity contribution in [2.24, 2.45) is 0 Å². The van der Waals surface area contributed by atoms with Crippen LogP contribution in [0.1, 0.15) is 58.6 Å². The molecule has 0 spiro atoms. The van der Waals surface area contributed by atoms with Crippen molar-refractivity contribution in [3.05, 3.63) is 23.3 Å². The van der Waals surface area contributed by atoms with E-state index in [0.29, 0.717) is 31.1 Å². The molecule has 1 aromatic rings. The van der Waals surface area contributed by atoms with E-state index < -0.39 is 17.2 Å². The number of rotatable bonds is 4. The molecule has 3 rings (SSSR count). The second-order valence-electron chi connectivity index (χ2n) is 9.22. The molecule has 0 aromatic heterocycles. The predicted molar refractivity (Wildman–Crippen MR) is 117 cm³/mol. The number of carbonyl (C=O) groups is 2. The Bertz CT molecular complexity index is 917. The first kappa shape index (κ1) is 22.7. The van der Waals surface area contributed by atoms with Crippen LogP contribution in [-0.2, 0) is 16.8 Å². The van der Waals surface area contributed by atoms with Crippen LogP contribution < -0.4 is 9.64 Å². The third-order valence-electron chi connectivity index (χ3n) is 5.93. The first-order valence-electron chi connectivity index (χ1n) is 10.7. The monoisotopic (exact) mass is 428 g/mol. The van der Waals surface area contributed by atoms with Gasteiger partial charge in [-0.05, 0) is 64.3 Å². The summed E-state index contributed by atoms with van der Waals surface area (Å²) in [6, 6.07) is 5.95. The molecule has 0 N–H and O–H groups in total. The number of carbonyl (C=O) groups excluding carboxylic acids is 2. The molecule has 0 saturated carbocycles. The van der Waals surface area contributed by atoms with Gasteiger partial charge in [0.25, 0.3) is 0 Å². The summed E-state index contributed by atoms with van der Waals surface area (Å²) in [5.41, 5.74) is 0.930. The number of urea groups is 1. The maximum atomic E-state index is 13.0. The Kier molecular flexibility index (Phi) is 6.08. The van der Waals surface area contributed by atoms with E-state index in [2.05, 4.69) is 6.07 Å². The van der Waals surface area contributed by atoms with Crippen molar-refractivity contribution < 1.29 is 19.1 Å². The molecule has 8 nitrogen and oxygen atoms in total. The lowest BCUT2D eigenvalue weighted by atomic mass is 9.88. The largest absolute Gasteiger partial charge is 0.495 e. The molecule has 31 heavy (non-hydrogen) atoms. The van der Waals surface area contributed by atoms with E-state index in [0.717, 1.165) is 24.1 Å². The van der Waals surface area contributed by atoms with Gasteiger partial charge >= 0.3 is 12.1 Å². The molecule has 0 radical (unpaired) electrons. The van der Waals surface area contributed by atoms with E-state index in [9.17, 15) is 14.9 Å². The lowest BCUT2D eigenvalue weighted by Crippen LogP contribution is -2.49. The van der Waals surface area contributed by atoms with Gasteiger partial charge in [-0.3, -0.25) is 9.80 Å². The molecule has 1 fully saturated rings. The fourth-order valence-electron chi connectivity index (χ4n) is 4.33. The number of nitriles is 1. The van der Waals surface area contributed by atoms with Gasteiger partial charge in [0.15, 0.2) is 0 Å². The van der Waals surface area contributed by atoms with Crippen LogP contribution in [0.5, 0.6) is 5.75 Å². The molecule has 168 valence electrons. The van der Waals surface area contributed by atoms with Gasteiger partial charge in [-0.1, -0.05) is 0 Å². The first-order valence-corrected chi connectivity index (χ1v) is 10.7. The number of amides is 3. The fourth-order valence-corrected chi connectivity index (χ4v) is 4.33. The summed E-state index contributed by atoms with van der Waals surface area (Å²) in [5.74, 6) is 0.556. The van der Waals surface area contributed by atoms with E-state index in [1.807, 2.05) is 51.7 Å². The Morgan fingerprint density at radius 2 is 2.00 bits per heavy atom. The highest BCUT2D eigenvalue weighted by atomic mass is 16.6. The molecule has 3 amide bonds. The smallest absolute Gasteiger partial charge is 0.411 e. The van der Waals surface area contributed by atoms with Crippen LogP contribution in [0.4, 0.5) is 15.3 Å². The van der Waals surface area contributed by atoms with Crippen LogP contribution in [0.3, 0.4) is 0 Å². The average Bonchev–Trinajstić information content (AvgIpc) is 2.98. The van der Waals surface area contributed by atoms with Crippen molar-refractivity contribution in [1.29, 1.82) is 5.26 Å². The molecule has 8 heteroatoms. The van der Waals surface area contributed by atoms with E-state index in [1.54, 1.807) is 16.9 Å². The zero-order valence-corrected chi connectivity index (χ0v) is 19.3. The molecule has 2 aliphatic heterocycles. The number of ether oxygens (including phenoxy) is 2. The first-order chi connectivity index (χ1) is 14.6. The van der Waals surface area contributed by atoms with Crippen LogP contribution >= 0.6 is 0 Å². The minimum absolute atomic E-state index is 0.0474. The molecule has 2 aliphatic rings. The Hall–Kier alpha value is -2.95. The number of hydrogen-bond acceptors (Lipinski definition) is 5. The standard InChI is InChI=1S/C23H32N4O4/c1-7-25-11-8-12-26(20(25)28)18-13-16-15-27(21(29)31-22(2,3)4)23(5,9-10-24)17(16)14-19(18)30-6/h13-14H,7-9,11-12,15H2,1-6H3. The zero-order chi connectivity index (χ0) is 23.0.